The lowest BCUT2D eigenvalue weighted by Gasteiger charge is -2.15. The maximum atomic E-state index is 12.7. The molecule has 0 fully saturated rings. The molecule has 0 unspecified atom stereocenters. The molecule has 43 heavy (non-hydrogen) atoms. The molecule has 0 radical (unpaired) electrons. The molecule has 0 aliphatic rings. The summed E-state index contributed by atoms with van der Waals surface area (Å²) >= 11 is 14.3. The number of thiazole rings is 1. The van der Waals surface area contributed by atoms with Crippen molar-refractivity contribution in [2.45, 2.75) is 20.5 Å². The van der Waals surface area contributed by atoms with Crippen LogP contribution in [0.3, 0.4) is 0 Å². The topological polar surface area (TPSA) is 84.8 Å². The monoisotopic (exact) mass is 630 g/mol. The van der Waals surface area contributed by atoms with Gasteiger partial charge in [0.2, 0.25) is 0 Å². The molecule has 1 heterocycles. The van der Waals surface area contributed by atoms with Gasteiger partial charge in [-0.15, -0.1) is 11.3 Å². The number of nitrogens with one attached hydrogen (secondary N) is 2. The summed E-state index contributed by atoms with van der Waals surface area (Å²) in [6.45, 7) is 4.57. The molecule has 0 spiro atoms. The van der Waals surface area contributed by atoms with Gasteiger partial charge < -0.3 is 14.8 Å². The number of anilines is 2. The van der Waals surface area contributed by atoms with E-state index >= 15 is 0 Å². The van der Waals surface area contributed by atoms with Crippen LogP contribution in [-0.4, -0.2) is 23.7 Å². The summed E-state index contributed by atoms with van der Waals surface area (Å²) in [5, 5.41) is 11.2. The number of carbonyl (C=O) groups is 1. The maximum Gasteiger partial charge on any atom is 0.271 e. The lowest BCUT2D eigenvalue weighted by Crippen LogP contribution is -2.17. The molecule has 0 atom stereocenters. The molecule has 2 N–H and O–H groups in total. The van der Waals surface area contributed by atoms with Crippen LogP contribution in [0.2, 0.25) is 10.0 Å². The van der Waals surface area contributed by atoms with E-state index in [1.54, 1.807) is 30.3 Å². The van der Waals surface area contributed by atoms with E-state index in [2.05, 4.69) is 27.8 Å². The molecule has 10 heteroatoms. The molecular weight excluding hydrogens is 603 g/mol. The molecule has 5 aromatic rings. The number of benzene rings is 4. The van der Waals surface area contributed by atoms with Gasteiger partial charge in [-0.25, -0.2) is 10.4 Å². The molecule has 0 saturated carbocycles. The van der Waals surface area contributed by atoms with E-state index in [4.69, 9.17) is 32.7 Å². The van der Waals surface area contributed by atoms with Crippen LogP contribution in [0.1, 0.15) is 34.0 Å². The molecule has 0 aliphatic carbocycles. The van der Waals surface area contributed by atoms with E-state index < -0.39 is 0 Å². The van der Waals surface area contributed by atoms with Crippen LogP contribution in [0.25, 0.3) is 11.3 Å². The number of hydrazone groups is 1. The van der Waals surface area contributed by atoms with Gasteiger partial charge in [0.1, 0.15) is 6.61 Å². The van der Waals surface area contributed by atoms with Crippen molar-refractivity contribution < 1.29 is 14.3 Å². The first-order valence-corrected chi connectivity index (χ1v) is 15.1. The number of rotatable bonds is 11. The molecule has 4 aromatic carbocycles. The van der Waals surface area contributed by atoms with Crippen molar-refractivity contribution in [2.75, 3.05) is 11.9 Å². The molecule has 7 nitrogen and oxygen atoms in total. The fourth-order valence-corrected chi connectivity index (χ4v) is 5.28. The van der Waals surface area contributed by atoms with Crippen LogP contribution in [0.5, 0.6) is 11.5 Å². The maximum absolute atomic E-state index is 12.7. The molecule has 5 rings (SSSR count). The summed E-state index contributed by atoms with van der Waals surface area (Å²) < 4.78 is 11.7. The number of nitrogens with zero attached hydrogens (tertiary/aromatic N) is 2. The highest BCUT2D eigenvalue weighted by Crippen LogP contribution is 2.37. The van der Waals surface area contributed by atoms with Gasteiger partial charge in [-0.05, 0) is 61.9 Å². The predicted molar refractivity (Wildman–Crippen MR) is 175 cm³/mol. The molecule has 218 valence electrons. The van der Waals surface area contributed by atoms with Gasteiger partial charge >= 0.3 is 0 Å². The van der Waals surface area contributed by atoms with Crippen molar-refractivity contribution in [2.24, 2.45) is 5.10 Å². The minimum absolute atomic E-state index is 0.232. The minimum atomic E-state index is -0.348. The first kappa shape index (κ1) is 30.1. The summed E-state index contributed by atoms with van der Waals surface area (Å²) in [5.41, 5.74) is 8.39. The van der Waals surface area contributed by atoms with Crippen LogP contribution >= 0.6 is 34.5 Å². The Kier molecular flexibility index (Phi) is 9.94. The highest BCUT2D eigenvalue weighted by Gasteiger charge is 2.14. The normalized spacial score (nSPS) is 11.0. The third-order valence-corrected chi connectivity index (χ3v) is 7.70. The number of carbonyl (C=O) groups excluding carboxylic acids is 1. The van der Waals surface area contributed by atoms with Crippen LogP contribution in [0.4, 0.5) is 10.8 Å². The molecule has 0 bridgehead atoms. The average Bonchev–Trinajstić information content (AvgIpc) is 3.47. The number of aryl methyl sites for hydroxylation is 1. The second-order valence-corrected chi connectivity index (χ2v) is 11.1. The highest BCUT2D eigenvalue weighted by molar-refractivity contribution is 7.14. The standard InChI is InChI=1S/C33H28Cl2N4O3S/c1-3-41-30-17-22(16-28(35)31(30)42-19-25-6-4-5-7-27(25)34)18-36-39-32(40)24-12-10-23(11-13-24)29-20-43-33(38-29)37-26-14-8-21(2)9-15-26/h4-18,20H,3,19H2,1-2H3,(H,37,38)(H,39,40)/b36-18-. The summed E-state index contributed by atoms with van der Waals surface area (Å²) in [5.74, 6) is 0.520. The number of halogens is 2. The van der Waals surface area contributed by atoms with Crippen molar-refractivity contribution in [3.63, 3.8) is 0 Å². The minimum Gasteiger partial charge on any atom is -0.490 e. The lowest BCUT2D eigenvalue weighted by atomic mass is 10.1. The first-order chi connectivity index (χ1) is 20.9. The lowest BCUT2D eigenvalue weighted by molar-refractivity contribution is 0.0955. The van der Waals surface area contributed by atoms with Gasteiger partial charge in [-0.2, -0.15) is 5.10 Å². The fourth-order valence-electron chi connectivity index (χ4n) is 4.08. The fraction of sp³-hybridized carbons (Fsp3) is 0.121. The van der Waals surface area contributed by atoms with E-state index in [0.717, 1.165) is 27.6 Å². The van der Waals surface area contributed by atoms with Gasteiger partial charge in [0.05, 0.1) is 23.5 Å². The Labute approximate surface area is 264 Å². The van der Waals surface area contributed by atoms with Gasteiger partial charge in [0, 0.05) is 32.8 Å². The van der Waals surface area contributed by atoms with Crippen molar-refractivity contribution in [3.8, 4) is 22.8 Å². The van der Waals surface area contributed by atoms with Crippen LogP contribution in [0.15, 0.2) is 95.4 Å². The van der Waals surface area contributed by atoms with Crippen LogP contribution < -0.4 is 20.2 Å². The second kappa shape index (κ2) is 14.2. The second-order valence-electron chi connectivity index (χ2n) is 9.45. The SMILES string of the molecule is CCOc1cc(/C=N\NC(=O)c2ccc(-c3csc(Nc4ccc(C)cc4)n3)cc2)cc(Cl)c1OCc1ccccc1Cl. The smallest absolute Gasteiger partial charge is 0.271 e. The quantitative estimate of drug-likeness (QED) is 0.112. The summed E-state index contributed by atoms with van der Waals surface area (Å²) in [6, 6.07) is 26.2. The number of aromatic nitrogens is 1. The number of ether oxygens (including phenoxy) is 2. The Morgan fingerprint density at radius 3 is 2.49 bits per heavy atom. The third-order valence-electron chi connectivity index (χ3n) is 6.29. The Balaban J connectivity index is 1.20. The third kappa shape index (κ3) is 7.93. The van der Waals surface area contributed by atoms with Gasteiger partial charge in [-0.1, -0.05) is 71.2 Å². The Morgan fingerprint density at radius 2 is 1.74 bits per heavy atom. The van der Waals surface area contributed by atoms with Crippen molar-refractivity contribution in [1.29, 1.82) is 0 Å². The molecular formula is C33H28Cl2N4O3S. The zero-order chi connectivity index (χ0) is 30.2. The largest absolute Gasteiger partial charge is 0.490 e. The number of amides is 1. The van der Waals surface area contributed by atoms with E-state index in [0.29, 0.717) is 39.3 Å². The Morgan fingerprint density at radius 1 is 0.977 bits per heavy atom. The molecule has 1 aromatic heterocycles. The van der Waals surface area contributed by atoms with Gasteiger partial charge in [0.25, 0.3) is 5.91 Å². The van der Waals surface area contributed by atoms with Gasteiger partial charge in [-0.3, -0.25) is 4.79 Å². The highest BCUT2D eigenvalue weighted by atomic mass is 35.5. The van der Waals surface area contributed by atoms with Gasteiger partial charge in [0.15, 0.2) is 16.6 Å². The van der Waals surface area contributed by atoms with Crippen molar-refractivity contribution in [1.82, 2.24) is 10.4 Å². The molecule has 0 saturated heterocycles. The first-order valence-electron chi connectivity index (χ1n) is 13.4. The van der Waals surface area contributed by atoms with E-state index in [-0.39, 0.29) is 12.5 Å². The Hall–Kier alpha value is -4.37. The summed E-state index contributed by atoms with van der Waals surface area (Å²) in [4.78, 5) is 17.4. The van der Waals surface area contributed by atoms with Crippen molar-refractivity contribution in [3.05, 3.63) is 123 Å². The van der Waals surface area contributed by atoms with E-state index in [9.17, 15) is 4.79 Å². The average molecular weight is 632 g/mol. The van der Waals surface area contributed by atoms with E-state index in [1.807, 2.05) is 66.9 Å². The number of hydrogen-bond donors (Lipinski definition) is 2. The molecule has 0 aliphatic heterocycles. The number of hydrogen-bond acceptors (Lipinski definition) is 7. The van der Waals surface area contributed by atoms with E-state index in [1.165, 1.54) is 23.1 Å². The zero-order valence-corrected chi connectivity index (χ0v) is 25.8. The summed E-state index contributed by atoms with van der Waals surface area (Å²) in [6.07, 6.45) is 1.50. The Bertz CT molecular complexity index is 1740. The van der Waals surface area contributed by atoms with Crippen LogP contribution in [-0.2, 0) is 6.61 Å². The van der Waals surface area contributed by atoms with Crippen LogP contribution in [0, 0.1) is 6.92 Å². The van der Waals surface area contributed by atoms with Crippen molar-refractivity contribution >= 4 is 57.5 Å². The molecule has 1 amide bonds. The zero-order valence-electron chi connectivity index (χ0n) is 23.4. The predicted octanol–water partition coefficient (Wildman–Crippen LogP) is 8.91. The summed E-state index contributed by atoms with van der Waals surface area (Å²) in [7, 11) is 0.